The van der Waals surface area contributed by atoms with E-state index in [9.17, 15) is 0 Å². The minimum absolute atomic E-state index is 0.965. The average Bonchev–Trinajstić information content (AvgIpc) is 1.91. The van der Waals surface area contributed by atoms with Crippen LogP contribution >= 0.6 is 0 Å². The second-order valence-corrected chi connectivity index (χ2v) is 1.56. The zero-order valence-electron chi connectivity index (χ0n) is 5.20. The standard InChI is InChI=1S/C7H7N2/c1-2-3-7-4-5-8-9-6-7/h2,4-6H,1H3. The molecule has 2 nitrogen and oxygen atoms in total. The molecule has 0 spiro atoms. The van der Waals surface area contributed by atoms with Crippen molar-refractivity contribution in [1.29, 1.82) is 0 Å². The topological polar surface area (TPSA) is 25.8 Å². The molecule has 0 aliphatic carbocycles. The summed E-state index contributed by atoms with van der Waals surface area (Å²) >= 11 is 0. The minimum Gasteiger partial charge on any atom is -0.159 e. The summed E-state index contributed by atoms with van der Waals surface area (Å²) in [4.78, 5) is 0. The lowest BCUT2D eigenvalue weighted by atomic mass is 10.3. The smallest absolute Gasteiger partial charge is 0.0574 e. The first kappa shape index (κ1) is 5.95. The van der Waals surface area contributed by atoms with Crippen molar-refractivity contribution in [2.24, 2.45) is 0 Å². The Labute approximate surface area is 54.2 Å². The molecular formula is C7H7N2. The molecule has 1 rings (SSSR count). The van der Waals surface area contributed by atoms with Crippen LogP contribution in [0.2, 0.25) is 0 Å². The van der Waals surface area contributed by atoms with Gasteiger partial charge in [0.25, 0.3) is 0 Å². The van der Waals surface area contributed by atoms with Gasteiger partial charge in [-0.15, -0.1) is 0 Å². The Morgan fingerprint density at radius 1 is 1.56 bits per heavy atom. The van der Waals surface area contributed by atoms with Gasteiger partial charge in [0.1, 0.15) is 0 Å². The van der Waals surface area contributed by atoms with Gasteiger partial charge >= 0.3 is 0 Å². The number of aromatic nitrogens is 2. The second-order valence-electron chi connectivity index (χ2n) is 1.56. The maximum Gasteiger partial charge on any atom is 0.0574 e. The van der Waals surface area contributed by atoms with Gasteiger partial charge in [0.05, 0.1) is 12.4 Å². The molecule has 0 aliphatic heterocycles. The van der Waals surface area contributed by atoms with Crippen LogP contribution < -0.4 is 0 Å². The summed E-state index contributed by atoms with van der Waals surface area (Å²) < 4.78 is 0. The van der Waals surface area contributed by atoms with Crippen LogP contribution in [0.5, 0.6) is 0 Å². The molecule has 0 bridgehead atoms. The zero-order chi connectivity index (χ0) is 6.53. The molecule has 0 aliphatic rings. The van der Waals surface area contributed by atoms with Crippen LogP contribution in [0.25, 0.3) is 0 Å². The van der Waals surface area contributed by atoms with Gasteiger partial charge < -0.3 is 0 Å². The summed E-state index contributed by atoms with van der Waals surface area (Å²) in [6, 6.07) is 1.85. The average molecular weight is 119 g/mol. The maximum absolute atomic E-state index is 3.67. The van der Waals surface area contributed by atoms with E-state index in [-0.39, 0.29) is 0 Å². The number of allylic oxidation sites excluding steroid dienone is 1. The molecule has 1 aromatic rings. The van der Waals surface area contributed by atoms with Crippen molar-refractivity contribution >= 4 is 0 Å². The highest BCUT2D eigenvalue weighted by Crippen LogP contribution is 1.91. The van der Waals surface area contributed by atoms with Crippen molar-refractivity contribution < 1.29 is 0 Å². The number of rotatable bonds is 1. The molecule has 0 unspecified atom stereocenters. The number of hydrogen-bond acceptors (Lipinski definition) is 2. The summed E-state index contributed by atoms with van der Waals surface area (Å²) in [7, 11) is 0. The lowest BCUT2D eigenvalue weighted by Gasteiger charge is -1.84. The van der Waals surface area contributed by atoms with Crippen molar-refractivity contribution in [3.63, 3.8) is 0 Å². The van der Waals surface area contributed by atoms with Gasteiger partial charge in [0.2, 0.25) is 0 Å². The summed E-state index contributed by atoms with van der Waals surface area (Å²) in [5, 5.41) is 7.29. The Hall–Kier alpha value is -1.18. The van der Waals surface area contributed by atoms with Gasteiger partial charge in [-0.2, -0.15) is 10.2 Å². The third-order valence-corrected chi connectivity index (χ3v) is 0.895. The van der Waals surface area contributed by atoms with Gasteiger partial charge in [-0.25, -0.2) is 0 Å². The Morgan fingerprint density at radius 3 is 3.00 bits per heavy atom. The molecule has 45 valence electrons. The monoisotopic (exact) mass is 119 g/mol. The predicted molar refractivity (Wildman–Crippen MR) is 34.6 cm³/mol. The van der Waals surface area contributed by atoms with Crippen LogP contribution in [0.4, 0.5) is 0 Å². The molecule has 0 atom stereocenters. The zero-order valence-corrected chi connectivity index (χ0v) is 5.20. The number of nitrogens with zero attached hydrogens (tertiary/aromatic N) is 2. The quantitative estimate of drug-likeness (QED) is 0.555. The third kappa shape index (κ3) is 1.64. The highest BCUT2D eigenvalue weighted by atomic mass is 15.1. The van der Waals surface area contributed by atoms with Gasteiger partial charge in [-0.3, -0.25) is 0 Å². The molecule has 0 fully saturated rings. The number of hydrogen-bond donors (Lipinski definition) is 0. The molecule has 0 saturated heterocycles. The highest BCUT2D eigenvalue weighted by Gasteiger charge is 1.80. The van der Waals surface area contributed by atoms with E-state index in [1.165, 1.54) is 0 Å². The van der Waals surface area contributed by atoms with E-state index >= 15 is 0 Å². The summed E-state index contributed by atoms with van der Waals surface area (Å²) in [6.07, 6.45) is 8.14. The summed E-state index contributed by atoms with van der Waals surface area (Å²) in [6.45, 7) is 1.92. The molecule has 1 aromatic heterocycles. The lowest BCUT2D eigenvalue weighted by Crippen LogP contribution is -1.79. The fourth-order valence-corrected chi connectivity index (χ4v) is 0.543. The first-order chi connectivity index (χ1) is 4.43. The Kier molecular flexibility index (Phi) is 1.96. The molecule has 2 heteroatoms. The largest absolute Gasteiger partial charge is 0.159 e. The van der Waals surface area contributed by atoms with Crippen molar-refractivity contribution in [2.45, 2.75) is 6.92 Å². The highest BCUT2D eigenvalue weighted by molar-refractivity contribution is 5.14. The minimum atomic E-state index is 0.965. The Balaban J connectivity index is 2.85. The van der Waals surface area contributed by atoms with E-state index in [4.69, 9.17) is 0 Å². The molecule has 9 heavy (non-hydrogen) atoms. The van der Waals surface area contributed by atoms with Crippen LogP contribution in [0.3, 0.4) is 0 Å². The van der Waals surface area contributed by atoms with E-state index in [1.807, 2.05) is 19.1 Å². The fraction of sp³-hybridized carbons (Fsp3) is 0.143. The van der Waals surface area contributed by atoms with Crippen LogP contribution in [0.15, 0.2) is 24.5 Å². The van der Waals surface area contributed by atoms with E-state index < -0.39 is 0 Å². The summed E-state index contributed by atoms with van der Waals surface area (Å²) in [5.74, 6) is 0. The predicted octanol–water partition coefficient (Wildman–Crippen LogP) is 1.20. The van der Waals surface area contributed by atoms with Crippen LogP contribution in [-0.4, -0.2) is 10.2 Å². The Morgan fingerprint density at radius 2 is 2.44 bits per heavy atom. The molecule has 0 saturated carbocycles. The summed E-state index contributed by atoms with van der Waals surface area (Å²) in [5.41, 5.74) is 0.965. The van der Waals surface area contributed by atoms with Gasteiger partial charge in [0, 0.05) is 5.56 Å². The molecule has 1 radical (unpaired) electrons. The normalized spacial score (nSPS) is 10.3. The maximum atomic E-state index is 3.67. The molecule has 0 aromatic carbocycles. The molecular weight excluding hydrogens is 112 g/mol. The van der Waals surface area contributed by atoms with Crippen molar-refractivity contribution in [3.05, 3.63) is 36.2 Å². The molecule has 0 N–H and O–H groups in total. The van der Waals surface area contributed by atoms with Gasteiger partial charge in [-0.1, -0.05) is 6.08 Å². The van der Waals surface area contributed by atoms with Crippen LogP contribution in [0.1, 0.15) is 12.5 Å². The Bertz CT molecular complexity index is 191. The van der Waals surface area contributed by atoms with Gasteiger partial charge in [0.15, 0.2) is 0 Å². The van der Waals surface area contributed by atoms with Crippen LogP contribution in [0, 0.1) is 6.08 Å². The van der Waals surface area contributed by atoms with E-state index in [2.05, 4.69) is 16.3 Å². The van der Waals surface area contributed by atoms with Crippen molar-refractivity contribution in [1.82, 2.24) is 10.2 Å². The van der Waals surface area contributed by atoms with Crippen molar-refractivity contribution in [2.75, 3.05) is 0 Å². The van der Waals surface area contributed by atoms with E-state index in [1.54, 1.807) is 12.4 Å². The first-order valence-electron chi connectivity index (χ1n) is 2.74. The first-order valence-corrected chi connectivity index (χ1v) is 2.74. The van der Waals surface area contributed by atoms with E-state index in [0.29, 0.717) is 0 Å². The third-order valence-electron chi connectivity index (χ3n) is 0.895. The molecule has 1 heterocycles. The van der Waals surface area contributed by atoms with E-state index in [0.717, 1.165) is 5.56 Å². The van der Waals surface area contributed by atoms with Gasteiger partial charge in [-0.05, 0) is 19.1 Å². The lowest BCUT2D eigenvalue weighted by molar-refractivity contribution is 1.02. The SMILES string of the molecule is C/C=[C]/c1ccnnc1. The van der Waals surface area contributed by atoms with Crippen LogP contribution in [-0.2, 0) is 0 Å². The molecule has 0 amide bonds. The van der Waals surface area contributed by atoms with Crippen molar-refractivity contribution in [3.8, 4) is 0 Å². The fourth-order valence-electron chi connectivity index (χ4n) is 0.543. The second kappa shape index (κ2) is 2.97.